The van der Waals surface area contributed by atoms with Crippen LogP contribution in [0.2, 0.25) is 0 Å². The molecule has 0 spiro atoms. The number of benzene rings is 1. The first-order valence-corrected chi connectivity index (χ1v) is 8.53. The van der Waals surface area contributed by atoms with Crippen molar-refractivity contribution in [1.29, 1.82) is 0 Å². The summed E-state index contributed by atoms with van der Waals surface area (Å²) in [7, 11) is 1.45. The van der Waals surface area contributed by atoms with Crippen LogP contribution in [0.3, 0.4) is 0 Å². The maximum Gasteiger partial charge on any atom is 0.329 e. The zero-order chi connectivity index (χ0) is 19.2. The highest BCUT2D eigenvalue weighted by molar-refractivity contribution is 5.97. The first-order chi connectivity index (χ1) is 12.1. The van der Waals surface area contributed by atoms with Gasteiger partial charge in [-0.1, -0.05) is 6.07 Å². The molecule has 3 rings (SSSR count). The molecule has 0 bridgehead atoms. The van der Waals surface area contributed by atoms with Gasteiger partial charge in [0.2, 0.25) is 0 Å². The average molecular weight is 359 g/mol. The molecular weight excluding hydrogens is 337 g/mol. The molecular formula is C19H22FN3O3. The van der Waals surface area contributed by atoms with Crippen molar-refractivity contribution < 1.29 is 19.1 Å². The Bertz CT molecular complexity index is 902. The number of likely N-dealkylation sites (N-methyl/N-ethyl adjacent to an activating group) is 1. The molecule has 0 saturated carbocycles. The van der Waals surface area contributed by atoms with Crippen molar-refractivity contribution in [1.82, 2.24) is 14.7 Å². The van der Waals surface area contributed by atoms with Gasteiger partial charge in [-0.25, -0.2) is 13.9 Å². The molecule has 0 radical (unpaired) electrons. The van der Waals surface area contributed by atoms with Crippen LogP contribution >= 0.6 is 0 Å². The lowest BCUT2D eigenvalue weighted by Gasteiger charge is -2.31. The Balaban J connectivity index is 2.08. The number of hydrogen-bond donors (Lipinski definition) is 1. The first-order valence-electron chi connectivity index (χ1n) is 8.53. The number of hydrogen-bond acceptors (Lipinski definition) is 3. The van der Waals surface area contributed by atoms with Gasteiger partial charge >= 0.3 is 5.97 Å². The Hall–Kier alpha value is -2.70. The maximum atomic E-state index is 14.4. The summed E-state index contributed by atoms with van der Waals surface area (Å²) in [6, 6.07) is 4.87. The van der Waals surface area contributed by atoms with Gasteiger partial charge in [-0.3, -0.25) is 4.79 Å². The van der Waals surface area contributed by atoms with Crippen molar-refractivity contribution in [3.8, 4) is 5.69 Å². The number of amides is 1. The zero-order valence-electron chi connectivity index (χ0n) is 15.3. The normalized spacial score (nSPS) is 13.6. The zero-order valence-corrected chi connectivity index (χ0v) is 15.3. The summed E-state index contributed by atoms with van der Waals surface area (Å²) in [5.74, 6) is -1.98. The molecule has 6 nitrogen and oxygen atoms in total. The Morgan fingerprint density at radius 3 is 2.62 bits per heavy atom. The van der Waals surface area contributed by atoms with Crippen LogP contribution in [0.5, 0.6) is 0 Å². The third-order valence-corrected chi connectivity index (χ3v) is 5.13. The second-order valence-electron chi connectivity index (χ2n) is 7.22. The second kappa shape index (κ2) is 6.23. The third kappa shape index (κ3) is 2.77. The number of carboxylic acid groups (broad SMARTS) is 1. The third-order valence-electron chi connectivity index (χ3n) is 5.13. The molecule has 1 aliphatic rings. The molecule has 0 saturated heterocycles. The van der Waals surface area contributed by atoms with Crippen molar-refractivity contribution in [3.05, 3.63) is 46.5 Å². The predicted octanol–water partition coefficient (Wildman–Crippen LogP) is 2.74. The number of nitrogens with zero attached hydrogens (tertiary/aromatic N) is 3. The van der Waals surface area contributed by atoms with Crippen LogP contribution in [-0.2, 0) is 17.6 Å². The Kier molecular flexibility index (Phi) is 4.34. The summed E-state index contributed by atoms with van der Waals surface area (Å²) in [6.07, 6.45) is 2.23. The maximum absolute atomic E-state index is 14.4. The molecule has 2 aromatic rings. The lowest BCUT2D eigenvalue weighted by Crippen LogP contribution is -2.51. The summed E-state index contributed by atoms with van der Waals surface area (Å²) in [6.45, 7) is 4.73. The van der Waals surface area contributed by atoms with Crippen LogP contribution in [0, 0.1) is 12.7 Å². The Morgan fingerprint density at radius 1 is 1.31 bits per heavy atom. The molecule has 0 aliphatic heterocycles. The molecule has 7 heteroatoms. The van der Waals surface area contributed by atoms with E-state index in [0.29, 0.717) is 18.5 Å². The van der Waals surface area contributed by atoms with E-state index in [1.807, 2.05) is 0 Å². The van der Waals surface area contributed by atoms with Crippen molar-refractivity contribution in [2.75, 3.05) is 7.05 Å². The van der Waals surface area contributed by atoms with E-state index in [4.69, 9.17) is 0 Å². The molecule has 0 fully saturated rings. The summed E-state index contributed by atoms with van der Waals surface area (Å²) >= 11 is 0. The Morgan fingerprint density at radius 2 is 2.00 bits per heavy atom. The fourth-order valence-electron chi connectivity index (χ4n) is 3.15. The minimum atomic E-state index is -1.37. The highest BCUT2D eigenvalue weighted by Gasteiger charge is 2.38. The van der Waals surface area contributed by atoms with Gasteiger partial charge in [0.1, 0.15) is 17.0 Å². The molecule has 1 aliphatic carbocycles. The highest BCUT2D eigenvalue weighted by Crippen LogP contribution is 2.30. The molecule has 1 heterocycles. The van der Waals surface area contributed by atoms with Gasteiger partial charge in [0, 0.05) is 18.3 Å². The number of carbonyl (C=O) groups is 2. The molecule has 138 valence electrons. The number of rotatable bonds is 4. The van der Waals surface area contributed by atoms with Crippen molar-refractivity contribution in [3.63, 3.8) is 0 Å². The minimum absolute atomic E-state index is 0.203. The van der Waals surface area contributed by atoms with Crippen LogP contribution < -0.4 is 0 Å². The smallest absolute Gasteiger partial charge is 0.329 e. The summed E-state index contributed by atoms with van der Waals surface area (Å²) in [4.78, 5) is 25.6. The van der Waals surface area contributed by atoms with E-state index in [0.717, 1.165) is 23.2 Å². The van der Waals surface area contributed by atoms with Crippen molar-refractivity contribution >= 4 is 11.9 Å². The van der Waals surface area contributed by atoms with Gasteiger partial charge in [0.25, 0.3) is 5.91 Å². The largest absolute Gasteiger partial charge is 0.480 e. The number of fused-ring (bicyclic) bond motifs is 1. The number of halogens is 1. The number of aliphatic carboxylic acids is 1. The van der Waals surface area contributed by atoms with Gasteiger partial charge < -0.3 is 10.0 Å². The molecule has 26 heavy (non-hydrogen) atoms. The van der Waals surface area contributed by atoms with Crippen LogP contribution in [-0.4, -0.2) is 44.3 Å². The standard InChI is InChI=1S/C19H22FN3O3/c1-11-8-9-15(13(20)10-11)23-14-7-5-6-12(14)16(21-23)17(24)22(4)19(2,3)18(25)26/h8-10H,5-7H2,1-4H3,(H,25,26). The van der Waals surface area contributed by atoms with E-state index < -0.39 is 23.2 Å². The van der Waals surface area contributed by atoms with E-state index in [1.165, 1.54) is 36.5 Å². The summed E-state index contributed by atoms with van der Waals surface area (Å²) in [5, 5.41) is 13.8. The molecule has 1 N–H and O–H groups in total. The Labute approximate surface area is 151 Å². The molecule has 0 atom stereocenters. The van der Waals surface area contributed by atoms with Gasteiger partial charge in [0.05, 0.1) is 0 Å². The van der Waals surface area contributed by atoms with E-state index in [1.54, 1.807) is 19.1 Å². The van der Waals surface area contributed by atoms with E-state index in [-0.39, 0.29) is 5.69 Å². The van der Waals surface area contributed by atoms with Crippen LogP contribution in [0.25, 0.3) is 5.69 Å². The quantitative estimate of drug-likeness (QED) is 0.911. The fourth-order valence-corrected chi connectivity index (χ4v) is 3.15. The molecule has 1 amide bonds. The minimum Gasteiger partial charge on any atom is -0.480 e. The van der Waals surface area contributed by atoms with Crippen molar-refractivity contribution in [2.45, 2.75) is 45.6 Å². The molecule has 1 aromatic carbocycles. The number of carbonyl (C=O) groups excluding carboxylic acids is 1. The average Bonchev–Trinajstić information content (AvgIpc) is 3.16. The van der Waals surface area contributed by atoms with Gasteiger partial charge in [-0.15, -0.1) is 0 Å². The van der Waals surface area contributed by atoms with Gasteiger partial charge in [-0.2, -0.15) is 5.10 Å². The van der Waals surface area contributed by atoms with E-state index >= 15 is 0 Å². The first kappa shape index (κ1) is 18.1. The molecule has 0 unspecified atom stereocenters. The lowest BCUT2D eigenvalue weighted by molar-refractivity contribution is -0.147. The van der Waals surface area contributed by atoms with Gasteiger partial charge in [0.15, 0.2) is 5.69 Å². The topological polar surface area (TPSA) is 75.4 Å². The number of aryl methyl sites for hydroxylation is 1. The van der Waals surface area contributed by atoms with E-state index in [9.17, 15) is 19.1 Å². The summed E-state index contributed by atoms with van der Waals surface area (Å²) in [5.41, 5.74) is 1.53. The predicted molar refractivity (Wildman–Crippen MR) is 94.1 cm³/mol. The SMILES string of the molecule is Cc1ccc(-n2nc(C(=O)N(C)C(C)(C)C(=O)O)c3c2CCC3)c(F)c1. The number of aromatic nitrogens is 2. The van der Waals surface area contributed by atoms with Crippen LogP contribution in [0.4, 0.5) is 4.39 Å². The monoisotopic (exact) mass is 359 g/mol. The van der Waals surface area contributed by atoms with Crippen LogP contribution in [0.1, 0.15) is 47.6 Å². The summed E-state index contributed by atoms with van der Waals surface area (Å²) < 4.78 is 15.9. The van der Waals surface area contributed by atoms with Gasteiger partial charge in [-0.05, 0) is 57.7 Å². The number of carboxylic acids is 1. The highest BCUT2D eigenvalue weighted by atomic mass is 19.1. The molecule has 1 aromatic heterocycles. The lowest BCUT2D eigenvalue weighted by atomic mass is 10.0. The van der Waals surface area contributed by atoms with Crippen molar-refractivity contribution in [2.24, 2.45) is 0 Å². The van der Waals surface area contributed by atoms with Crippen LogP contribution in [0.15, 0.2) is 18.2 Å². The van der Waals surface area contributed by atoms with E-state index in [2.05, 4.69) is 5.10 Å². The second-order valence-corrected chi connectivity index (χ2v) is 7.22. The fraction of sp³-hybridized carbons (Fsp3) is 0.421.